The number of nitrogens with zero attached hydrogens (tertiary/aromatic N) is 1. The van der Waals surface area contributed by atoms with Crippen molar-refractivity contribution in [3.63, 3.8) is 0 Å². The molecule has 5 nitrogen and oxygen atoms in total. The summed E-state index contributed by atoms with van der Waals surface area (Å²) in [5.74, 6) is 0.375. The predicted octanol–water partition coefficient (Wildman–Crippen LogP) is 8.66. The maximum Gasteiger partial charge on any atom is 0.261 e. The Labute approximate surface area is 252 Å². The van der Waals surface area contributed by atoms with Crippen LogP contribution in [0, 0.1) is 5.82 Å². The second-order valence-electron chi connectivity index (χ2n) is 11.5. The quantitative estimate of drug-likeness (QED) is 0.159. The lowest BCUT2D eigenvalue weighted by Gasteiger charge is -2.29. The van der Waals surface area contributed by atoms with Crippen LogP contribution < -0.4 is 9.46 Å². The van der Waals surface area contributed by atoms with E-state index in [4.69, 9.17) is 4.74 Å². The molecule has 3 aromatic rings. The van der Waals surface area contributed by atoms with E-state index < -0.39 is 15.8 Å². The van der Waals surface area contributed by atoms with Gasteiger partial charge in [-0.1, -0.05) is 83.1 Å². The van der Waals surface area contributed by atoms with Crippen LogP contribution in [0.5, 0.6) is 5.75 Å². The van der Waals surface area contributed by atoms with Crippen molar-refractivity contribution < 1.29 is 17.5 Å². The van der Waals surface area contributed by atoms with Crippen molar-refractivity contribution >= 4 is 15.7 Å². The number of nitrogens with one attached hydrogen (secondary N) is 1. The number of halogens is 1. The number of hydrogen-bond donors (Lipinski definition) is 1. The van der Waals surface area contributed by atoms with Gasteiger partial charge in [-0.05, 0) is 84.3 Å². The van der Waals surface area contributed by atoms with Crippen molar-refractivity contribution in [3.05, 3.63) is 88.7 Å². The minimum absolute atomic E-state index is 0.0125. The molecule has 42 heavy (non-hydrogen) atoms. The second kappa shape index (κ2) is 16.1. The Balaban J connectivity index is 1.30. The van der Waals surface area contributed by atoms with Gasteiger partial charge in [0.15, 0.2) is 0 Å². The normalized spacial score (nSPS) is 13.6. The summed E-state index contributed by atoms with van der Waals surface area (Å²) in [7, 11) is -3.90. The minimum Gasteiger partial charge on any atom is -0.494 e. The maximum absolute atomic E-state index is 14.8. The molecule has 0 unspecified atom stereocenters. The molecule has 3 aromatic carbocycles. The highest BCUT2D eigenvalue weighted by atomic mass is 32.2. The number of hydrogen-bond acceptors (Lipinski definition) is 4. The standard InChI is InChI=1S/C35H47FN2O3S/c1-3-5-7-9-10-12-28-15-20-35(34(36)24-28)37-42(39,40)33-19-16-31-27-38(22-21-30(31)25-33)26-29-13-17-32(18-14-29)41-23-11-8-6-4-2/h13-20,24-25,37H,3-12,21-23,26-27H2,1-2H3. The van der Waals surface area contributed by atoms with Crippen LogP contribution in [0.3, 0.4) is 0 Å². The summed E-state index contributed by atoms with van der Waals surface area (Å²) >= 11 is 0. The van der Waals surface area contributed by atoms with E-state index in [1.165, 1.54) is 56.2 Å². The third-order valence-electron chi connectivity index (χ3n) is 8.02. The van der Waals surface area contributed by atoms with Gasteiger partial charge in [-0.25, -0.2) is 12.8 Å². The van der Waals surface area contributed by atoms with E-state index in [1.807, 2.05) is 24.3 Å². The molecule has 0 bridgehead atoms. The van der Waals surface area contributed by atoms with Crippen LogP contribution in [0.2, 0.25) is 0 Å². The van der Waals surface area contributed by atoms with Crippen molar-refractivity contribution in [2.75, 3.05) is 17.9 Å². The Morgan fingerprint density at radius 1 is 0.810 bits per heavy atom. The number of unbranched alkanes of at least 4 members (excludes halogenated alkanes) is 7. The number of rotatable bonds is 17. The lowest BCUT2D eigenvalue weighted by molar-refractivity contribution is 0.245. The average Bonchev–Trinajstić information content (AvgIpc) is 2.99. The van der Waals surface area contributed by atoms with Gasteiger partial charge < -0.3 is 4.74 Å². The molecule has 0 saturated heterocycles. The van der Waals surface area contributed by atoms with Crippen LogP contribution in [0.25, 0.3) is 0 Å². The Kier molecular flexibility index (Phi) is 12.3. The third-order valence-corrected chi connectivity index (χ3v) is 9.39. The fourth-order valence-corrected chi connectivity index (χ4v) is 6.61. The Morgan fingerprint density at radius 2 is 1.52 bits per heavy atom. The highest BCUT2D eigenvalue weighted by molar-refractivity contribution is 7.92. The molecule has 0 fully saturated rings. The molecular formula is C35H47FN2O3S. The molecule has 7 heteroatoms. The van der Waals surface area contributed by atoms with E-state index in [0.717, 1.165) is 80.8 Å². The van der Waals surface area contributed by atoms with Crippen LogP contribution in [-0.2, 0) is 36.0 Å². The molecular weight excluding hydrogens is 547 g/mol. The van der Waals surface area contributed by atoms with Crippen LogP contribution in [-0.4, -0.2) is 26.5 Å². The number of ether oxygens (including phenoxy) is 1. The molecule has 0 aromatic heterocycles. The summed E-state index contributed by atoms with van der Waals surface area (Å²) in [6.45, 7) is 7.57. The molecule has 1 aliphatic rings. The summed E-state index contributed by atoms with van der Waals surface area (Å²) in [4.78, 5) is 2.54. The van der Waals surface area contributed by atoms with Gasteiger partial charge in [0.2, 0.25) is 0 Å². The van der Waals surface area contributed by atoms with Gasteiger partial charge in [0.25, 0.3) is 10.0 Å². The van der Waals surface area contributed by atoms with E-state index in [1.54, 1.807) is 12.1 Å². The van der Waals surface area contributed by atoms with Crippen LogP contribution in [0.4, 0.5) is 10.1 Å². The van der Waals surface area contributed by atoms with E-state index in [9.17, 15) is 12.8 Å². The average molecular weight is 595 g/mol. The molecule has 1 N–H and O–H groups in total. The lowest BCUT2D eigenvalue weighted by atomic mass is 9.99. The summed E-state index contributed by atoms with van der Waals surface area (Å²) in [6, 6.07) is 18.4. The van der Waals surface area contributed by atoms with Crippen LogP contribution in [0.1, 0.15) is 93.9 Å². The van der Waals surface area contributed by atoms with Crippen molar-refractivity contribution in [1.82, 2.24) is 4.90 Å². The first-order valence-electron chi connectivity index (χ1n) is 15.7. The zero-order valence-electron chi connectivity index (χ0n) is 25.3. The van der Waals surface area contributed by atoms with E-state index >= 15 is 0 Å². The fraction of sp³-hybridized carbons (Fsp3) is 0.486. The molecule has 0 atom stereocenters. The van der Waals surface area contributed by atoms with E-state index in [2.05, 4.69) is 35.6 Å². The lowest BCUT2D eigenvalue weighted by Crippen LogP contribution is -2.30. The molecule has 4 rings (SSSR count). The monoisotopic (exact) mass is 594 g/mol. The first-order valence-corrected chi connectivity index (χ1v) is 17.2. The molecule has 0 spiro atoms. The molecule has 0 radical (unpaired) electrons. The zero-order valence-corrected chi connectivity index (χ0v) is 26.2. The Bertz CT molecular complexity index is 1380. The van der Waals surface area contributed by atoms with Gasteiger partial charge in [-0.2, -0.15) is 0 Å². The van der Waals surface area contributed by atoms with Gasteiger partial charge in [0, 0.05) is 19.6 Å². The smallest absolute Gasteiger partial charge is 0.261 e. The molecule has 1 aliphatic heterocycles. The first kappa shape index (κ1) is 32.0. The van der Waals surface area contributed by atoms with Crippen molar-refractivity contribution in [2.24, 2.45) is 0 Å². The van der Waals surface area contributed by atoms with Gasteiger partial charge in [0.1, 0.15) is 11.6 Å². The number of benzene rings is 3. The SMILES string of the molecule is CCCCCCCc1ccc(NS(=O)(=O)c2ccc3c(c2)CCN(Cc2ccc(OCCCCCC)cc2)C3)c(F)c1. The van der Waals surface area contributed by atoms with Gasteiger partial charge in [-0.15, -0.1) is 0 Å². The molecule has 0 aliphatic carbocycles. The Morgan fingerprint density at radius 3 is 2.26 bits per heavy atom. The van der Waals surface area contributed by atoms with Gasteiger partial charge in [0.05, 0.1) is 17.2 Å². The van der Waals surface area contributed by atoms with Gasteiger partial charge in [-0.3, -0.25) is 9.62 Å². The zero-order chi connectivity index (χ0) is 29.8. The predicted molar refractivity (Wildman–Crippen MR) is 170 cm³/mol. The highest BCUT2D eigenvalue weighted by Crippen LogP contribution is 2.27. The Hall–Kier alpha value is -2.90. The fourth-order valence-electron chi connectivity index (χ4n) is 5.49. The summed E-state index contributed by atoms with van der Waals surface area (Å²) in [6.07, 6.45) is 12.1. The van der Waals surface area contributed by atoms with Crippen molar-refractivity contribution in [1.29, 1.82) is 0 Å². The molecule has 228 valence electrons. The summed E-state index contributed by atoms with van der Waals surface area (Å²) < 4.78 is 49.4. The second-order valence-corrected chi connectivity index (χ2v) is 13.2. The molecule has 0 saturated carbocycles. The topological polar surface area (TPSA) is 58.6 Å². The summed E-state index contributed by atoms with van der Waals surface area (Å²) in [5, 5.41) is 0. The van der Waals surface area contributed by atoms with Crippen LogP contribution >= 0.6 is 0 Å². The van der Waals surface area contributed by atoms with Crippen LogP contribution in [0.15, 0.2) is 65.6 Å². The molecule has 0 amide bonds. The summed E-state index contributed by atoms with van der Waals surface area (Å²) in [5.41, 5.74) is 4.26. The number of aryl methyl sites for hydroxylation is 1. The van der Waals surface area contributed by atoms with E-state index in [0.29, 0.717) is 0 Å². The van der Waals surface area contributed by atoms with E-state index in [-0.39, 0.29) is 10.6 Å². The van der Waals surface area contributed by atoms with Gasteiger partial charge >= 0.3 is 0 Å². The largest absolute Gasteiger partial charge is 0.494 e. The first-order chi connectivity index (χ1) is 20.4. The third kappa shape index (κ3) is 9.56. The van der Waals surface area contributed by atoms with Crippen molar-refractivity contribution in [2.45, 2.75) is 102 Å². The minimum atomic E-state index is -3.90. The number of anilines is 1. The number of sulfonamides is 1. The highest BCUT2D eigenvalue weighted by Gasteiger charge is 2.22. The maximum atomic E-state index is 14.8. The van der Waals surface area contributed by atoms with Crippen molar-refractivity contribution in [3.8, 4) is 5.75 Å². The molecule has 1 heterocycles. The number of fused-ring (bicyclic) bond motifs is 1.